The normalized spacial score (nSPS) is 10.2. The fourth-order valence-corrected chi connectivity index (χ4v) is 2.21. The van der Waals surface area contributed by atoms with Gasteiger partial charge >= 0.3 is 0 Å². The van der Waals surface area contributed by atoms with Crippen molar-refractivity contribution in [3.63, 3.8) is 0 Å². The molecule has 15 heavy (non-hydrogen) atoms. The van der Waals surface area contributed by atoms with Gasteiger partial charge in [0.25, 0.3) is 0 Å². The molecule has 5 heteroatoms. The molecule has 0 atom stereocenters. The number of hydrogen-bond donors (Lipinski definition) is 1. The van der Waals surface area contributed by atoms with E-state index < -0.39 is 0 Å². The Bertz CT molecular complexity index is 458. The van der Waals surface area contributed by atoms with Crippen molar-refractivity contribution in [2.45, 2.75) is 6.61 Å². The predicted molar refractivity (Wildman–Crippen MR) is 70.0 cm³/mol. The molecule has 0 saturated carbocycles. The maximum Gasteiger partial charge on any atom is 0.180 e. The summed E-state index contributed by atoms with van der Waals surface area (Å²) in [7, 11) is 0. The van der Waals surface area contributed by atoms with Crippen LogP contribution in [0.3, 0.4) is 0 Å². The molecule has 78 valence electrons. The Morgan fingerprint density at radius 3 is 3.00 bits per heavy atom. The average Bonchev–Trinajstić information content (AvgIpc) is 2.62. The van der Waals surface area contributed by atoms with Crippen molar-refractivity contribution in [1.29, 1.82) is 0 Å². The number of nitrogen functional groups attached to an aromatic ring is 1. The summed E-state index contributed by atoms with van der Waals surface area (Å²) in [5.41, 5.74) is 5.52. The number of anilines is 1. The summed E-state index contributed by atoms with van der Waals surface area (Å²) in [6.45, 7) is 0.523. The first kappa shape index (κ1) is 10.7. The minimum absolute atomic E-state index is 0.523. The topological polar surface area (TPSA) is 48.1 Å². The van der Waals surface area contributed by atoms with Gasteiger partial charge in [-0.3, -0.25) is 0 Å². The van der Waals surface area contributed by atoms with Crippen molar-refractivity contribution >= 4 is 39.1 Å². The van der Waals surface area contributed by atoms with Crippen molar-refractivity contribution in [3.05, 3.63) is 38.9 Å². The summed E-state index contributed by atoms with van der Waals surface area (Å²) in [6, 6.07) is 7.92. The second-order valence-corrected chi connectivity index (χ2v) is 5.30. The maximum absolute atomic E-state index is 5.60. The van der Waals surface area contributed by atoms with Gasteiger partial charge < -0.3 is 10.5 Å². The van der Waals surface area contributed by atoms with Crippen LogP contribution in [0.5, 0.6) is 5.75 Å². The first-order valence-corrected chi connectivity index (χ1v) is 6.22. The van der Waals surface area contributed by atoms with Crippen LogP contribution in [-0.4, -0.2) is 4.98 Å². The van der Waals surface area contributed by atoms with Crippen molar-refractivity contribution < 1.29 is 4.74 Å². The highest BCUT2D eigenvalue weighted by Gasteiger charge is 2.00. The SMILES string of the molecule is Nc1ncc(COc2cccc(I)c2)s1. The second kappa shape index (κ2) is 4.80. The fourth-order valence-electron chi connectivity index (χ4n) is 1.10. The van der Waals surface area contributed by atoms with E-state index in [4.69, 9.17) is 10.5 Å². The molecule has 0 unspecified atom stereocenters. The van der Waals surface area contributed by atoms with Gasteiger partial charge in [-0.1, -0.05) is 17.4 Å². The van der Waals surface area contributed by atoms with E-state index in [1.54, 1.807) is 6.20 Å². The molecule has 0 bridgehead atoms. The number of benzene rings is 1. The number of aromatic nitrogens is 1. The van der Waals surface area contributed by atoms with Gasteiger partial charge in [0, 0.05) is 9.77 Å². The Balaban J connectivity index is 1.99. The van der Waals surface area contributed by atoms with Crippen LogP contribution < -0.4 is 10.5 Å². The molecule has 3 nitrogen and oxygen atoms in total. The molecule has 0 fully saturated rings. The fraction of sp³-hybridized carbons (Fsp3) is 0.100. The number of halogens is 1. The number of hydrogen-bond acceptors (Lipinski definition) is 4. The third-order valence-electron chi connectivity index (χ3n) is 1.75. The lowest BCUT2D eigenvalue weighted by Crippen LogP contribution is -1.92. The number of rotatable bonds is 3. The molecule has 2 rings (SSSR count). The molecule has 1 aromatic heterocycles. The van der Waals surface area contributed by atoms with Crippen LogP contribution in [-0.2, 0) is 6.61 Å². The molecule has 0 aliphatic heterocycles. The molecular formula is C10H9IN2OS. The van der Waals surface area contributed by atoms with Crippen LogP contribution >= 0.6 is 33.9 Å². The summed E-state index contributed by atoms with van der Waals surface area (Å²) in [5, 5.41) is 0.580. The maximum atomic E-state index is 5.60. The van der Waals surface area contributed by atoms with Gasteiger partial charge in [0.2, 0.25) is 0 Å². The monoisotopic (exact) mass is 332 g/mol. The Morgan fingerprint density at radius 2 is 2.33 bits per heavy atom. The number of thiazole rings is 1. The summed E-state index contributed by atoms with van der Waals surface area (Å²) in [6.07, 6.45) is 1.74. The van der Waals surface area contributed by atoms with Crippen molar-refractivity contribution in [1.82, 2.24) is 4.98 Å². The van der Waals surface area contributed by atoms with Gasteiger partial charge in [0.1, 0.15) is 12.4 Å². The van der Waals surface area contributed by atoms with E-state index in [1.165, 1.54) is 11.3 Å². The van der Waals surface area contributed by atoms with E-state index in [2.05, 4.69) is 27.6 Å². The third-order valence-corrected chi connectivity index (χ3v) is 3.22. The molecule has 0 amide bonds. The van der Waals surface area contributed by atoms with Crippen molar-refractivity contribution in [2.24, 2.45) is 0 Å². The Kier molecular flexibility index (Phi) is 3.42. The van der Waals surface area contributed by atoms with Gasteiger partial charge in [0.05, 0.1) is 4.88 Å². The second-order valence-electron chi connectivity index (χ2n) is 2.91. The third kappa shape index (κ3) is 3.07. The lowest BCUT2D eigenvalue weighted by atomic mass is 10.3. The number of nitrogens with two attached hydrogens (primary N) is 1. The summed E-state index contributed by atoms with van der Waals surface area (Å²) in [4.78, 5) is 4.99. The van der Waals surface area contributed by atoms with Gasteiger partial charge in [-0.2, -0.15) is 0 Å². The predicted octanol–water partition coefficient (Wildman–Crippen LogP) is 2.91. The first-order valence-electron chi connectivity index (χ1n) is 4.32. The summed E-state index contributed by atoms with van der Waals surface area (Å²) in [5.74, 6) is 0.869. The van der Waals surface area contributed by atoms with Crippen molar-refractivity contribution in [3.8, 4) is 5.75 Å². The Hall–Kier alpha value is -0.820. The molecule has 0 spiro atoms. The number of ether oxygens (including phenoxy) is 1. The zero-order valence-electron chi connectivity index (χ0n) is 7.81. The first-order chi connectivity index (χ1) is 7.24. The highest BCUT2D eigenvalue weighted by Crippen LogP contribution is 2.19. The standard InChI is InChI=1S/C10H9IN2OS/c11-7-2-1-3-8(4-7)14-6-9-5-13-10(12)15-9/h1-5H,6H2,(H2,12,13). The average molecular weight is 332 g/mol. The quantitative estimate of drug-likeness (QED) is 0.880. The molecule has 1 aromatic carbocycles. The summed E-state index contributed by atoms with van der Waals surface area (Å²) < 4.78 is 6.76. The van der Waals surface area contributed by atoms with E-state index >= 15 is 0 Å². The van der Waals surface area contributed by atoms with E-state index in [-0.39, 0.29) is 0 Å². The van der Waals surface area contributed by atoms with Crippen LogP contribution in [0.1, 0.15) is 4.88 Å². The lowest BCUT2D eigenvalue weighted by Gasteiger charge is -2.03. The Morgan fingerprint density at radius 1 is 1.47 bits per heavy atom. The van der Waals surface area contributed by atoms with Gasteiger partial charge in [-0.05, 0) is 40.8 Å². The van der Waals surface area contributed by atoms with Gasteiger partial charge in [-0.25, -0.2) is 4.98 Å². The van der Waals surface area contributed by atoms with Crippen LogP contribution in [0.15, 0.2) is 30.5 Å². The van der Waals surface area contributed by atoms with Gasteiger partial charge in [-0.15, -0.1) is 0 Å². The molecular weight excluding hydrogens is 323 g/mol. The molecule has 0 aliphatic carbocycles. The zero-order valence-corrected chi connectivity index (χ0v) is 10.8. The molecule has 0 saturated heterocycles. The van der Waals surface area contributed by atoms with E-state index in [0.29, 0.717) is 11.7 Å². The van der Waals surface area contributed by atoms with E-state index in [0.717, 1.165) is 14.2 Å². The smallest absolute Gasteiger partial charge is 0.180 e. The largest absolute Gasteiger partial charge is 0.488 e. The highest BCUT2D eigenvalue weighted by atomic mass is 127. The van der Waals surface area contributed by atoms with Gasteiger partial charge in [0.15, 0.2) is 5.13 Å². The zero-order chi connectivity index (χ0) is 10.7. The molecule has 0 aliphatic rings. The van der Waals surface area contributed by atoms with Crippen LogP contribution in [0.2, 0.25) is 0 Å². The Labute approximate surface area is 105 Å². The minimum atomic E-state index is 0.523. The van der Waals surface area contributed by atoms with Crippen LogP contribution in [0.4, 0.5) is 5.13 Å². The van der Waals surface area contributed by atoms with E-state index in [1.807, 2.05) is 24.3 Å². The van der Waals surface area contributed by atoms with Crippen LogP contribution in [0.25, 0.3) is 0 Å². The molecule has 2 aromatic rings. The molecule has 1 heterocycles. The van der Waals surface area contributed by atoms with Crippen LogP contribution in [0, 0.1) is 3.57 Å². The highest BCUT2D eigenvalue weighted by molar-refractivity contribution is 14.1. The van der Waals surface area contributed by atoms with E-state index in [9.17, 15) is 0 Å². The lowest BCUT2D eigenvalue weighted by molar-refractivity contribution is 0.309. The van der Waals surface area contributed by atoms with Crippen molar-refractivity contribution in [2.75, 3.05) is 5.73 Å². The summed E-state index contributed by atoms with van der Waals surface area (Å²) >= 11 is 3.71. The number of nitrogens with zero attached hydrogens (tertiary/aromatic N) is 1. The molecule has 2 N–H and O–H groups in total. The minimum Gasteiger partial charge on any atom is -0.488 e. The molecule has 0 radical (unpaired) electrons.